The van der Waals surface area contributed by atoms with Gasteiger partial charge in [0.25, 0.3) is 0 Å². The fourth-order valence-electron chi connectivity index (χ4n) is 6.34. The van der Waals surface area contributed by atoms with Gasteiger partial charge in [0.1, 0.15) is 11.6 Å². The van der Waals surface area contributed by atoms with E-state index >= 15 is 0 Å². The first-order valence-electron chi connectivity index (χ1n) is 14.3. The number of hydrogen-bond donors (Lipinski definition) is 1. The van der Waals surface area contributed by atoms with Crippen molar-refractivity contribution in [2.24, 2.45) is 0 Å². The summed E-state index contributed by atoms with van der Waals surface area (Å²) in [6.07, 6.45) is 7.87. The summed E-state index contributed by atoms with van der Waals surface area (Å²) in [5, 5.41) is 5.06. The molecule has 0 spiro atoms. The van der Waals surface area contributed by atoms with Crippen LogP contribution in [0.25, 0.3) is 10.9 Å². The molecule has 0 amide bonds. The summed E-state index contributed by atoms with van der Waals surface area (Å²) in [6.45, 7) is 6.47. The normalized spacial score (nSPS) is 18.3. The van der Waals surface area contributed by atoms with Gasteiger partial charge in [-0.15, -0.1) is 0 Å². The lowest BCUT2D eigenvalue weighted by molar-refractivity contribution is 0.0979. The number of ether oxygens (including phenoxy) is 2. The molecular formula is C31H39FN4O2. The highest BCUT2D eigenvalue weighted by molar-refractivity contribution is 5.95. The number of hydrogen-bond acceptors (Lipinski definition) is 6. The quantitative estimate of drug-likeness (QED) is 0.374. The first-order valence-corrected chi connectivity index (χ1v) is 14.3. The van der Waals surface area contributed by atoms with Crippen LogP contribution in [-0.2, 0) is 24.2 Å². The third kappa shape index (κ3) is 5.45. The van der Waals surface area contributed by atoms with E-state index in [1.807, 2.05) is 6.07 Å². The molecule has 3 heterocycles. The van der Waals surface area contributed by atoms with Crippen molar-refractivity contribution in [2.75, 3.05) is 56.7 Å². The highest BCUT2D eigenvalue weighted by atomic mass is 19.1. The zero-order chi connectivity index (χ0) is 25.9. The van der Waals surface area contributed by atoms with Crippen molar-refractivity contribution in [3.05, 3.63) is 59.0 Å². The first-order chi connectivity index (χ1) is 18.7. The second-order valence-corrected chi connectivity index (χ2v) is 10.9. The second-order valence-electron chi connectivity index (χ2n) is 10.9. The molecule has 1 aromatic heterocycles. The maximum Gasteiger partial charge on any atom is 0.125 e. The highest BCUT2D eigenvalue weighted by Gasteiger charge is 2.25. The number of likely N-dealkylation sites (tertiary alicyclic amines) is 1. The molecule has 2 saturated heterocycles. The minimum absolute atomic E-state index is 0.174. The van der Waals surface area contributed by atoms with Crippen LogP contribution in [0.4, 0.5) is 15.8 Å². The number of nitrogens with zero attached hydrogens (tertiary/aromatic N) is 3. The molecule has 3 aliphatic rings. The Hall–Kier alpha value is -2.90. The van der Waals surface area contributed by atoms with Gasteiger partial charge in [0.2, 0.25) is 0 Å². The summed E-state index contributed by atoms with van der Waals surface area (Å²) in [5.41, 5.74) is 6.86. The standard InChI is InChI=1S/C31H39FN4O2/c1-37-30-20-27-29(18-22(30)21-38-17-16-35-12-2-3-13-35)34-28-9-5-8-26(28)31(27)33-24-10-14-36(15-11-24)25-7-4-6-23(32)19-25/h4,6-7,18-20,24H,2-3,5,8-17,21H2,1H3,(H,33,34). The van der Waals surface area contributed by atoms with Crippen LogP contribution in [0.15, 0.2) is 36.4 Å². The number of halogens is 1. The lowest BCUT2D eigenvalue weighted by Crippen LogP contribution is -2.39. The third-order valence-corrected chi connectivity index (χ3v) is 8.44. The van der Waals surface area contributed by atoms with E-state index in [0.717, 1.165) is 86.2 Å². The molecule has 0 radical (unpaired) electrons. The highest BCUT2D eigenvalue weighted by Crippen LogP contribution is 2.38. The maximum atomic E-state index is 13.7. The molecule has 3 aromatic rings. The monoisotopic (exact) mass is 518 g/mol. The van der Waals surface area contributed by atoms with Crippen LogP contribution in [-0.4, -0.2) is 62.4 Å². The Morgan fingerprint density at radius 3 is 2.66 bits per heavy atom. The van der Waals surface area contributed by atoms with E-state index < -0.39 is 0 Å². The molecule has 0 bridgehead atoms. The van der Waals surface area contributed by atoms with Crippen LogP contribution in [0, 0.1) is 5.82 Å². The van der Waals surface area contributed by atoms with Crippen LogP contribution in [0.2, 0.25) is 0 Å². The molecule has 0 unspecified atom stereocenters. The number of methoxy groups -OCH3 is 1. The van der Waals surface area contributed by atoms with E-state index in [0.29, 0.717) is 12.6 Å². The Bertz CT molecular complexity index is 1270. The maximum absolute atomic E-state index is 13.7. The Morgan fingerprint density at radius 2 is 1.87 bits per heavy atom. The van der Waals surface area contributed by atoms with Crippen molar-refractivity contribution < 1.29 is 13.9 Å². The number of aryl methyl sites for hydroxylation is 1. The van der Waals surface area contributed by atoms with E-state index in [-0.39, 0.29) is 5.82 Å². The average Bonchev–Trinajstić information content (AvgIpc) is 3.63. The van der Waals surface area contributed by atoms with E-state index in [1.54, 1.807) is 19.2 Å². The number of nitrogens with one attached hydrogen (secondary N) is 1. The van der Waals surface area contributed by atoms with Gasteiger partial charge in [-0.25, -0.2) is 4.39 Å². The van der Waals surface area contributed by atoms with Crippen molar-refractivity contribution in [1.82, 2.24) is 9.88 Å². The molecule has 2 aliphatic heterocycles. The number of anilines is 2. The van der Waals surface area contributed by atoms with Crippen molar-refractivity contribution in [3.8, 4) is 5.75 Å². The smallest absolute Gasteiger partial charge is 0.125 e. The topological polar surface area (TPSA) is 49.9 Å². The van der Waals surface area contributed by atoms with E-state index in [9.17, 15) is 4.39 Å². The third-order valence-electron chi connectivity index (χ3n) is 8.44. The van der Waals surface area contributed by atoms with E-state index in [1.165, 1.54) is 48.9 Å². The number of fused-ring (bicyclic) bond motifs is 2. The summed E-state index contributed by atoms with van der Waals surface area (Å²) in [5.74, 6) is 0.689. The zero-order valence-corrected chi connectivity index (χ0v) is 22.5. The van der Waals surface area contributed by atoms with Crippen LogP contribution in [0.1, 0.15) is 48.9 Å². The zero-order valence-electron chi connectivity index (χ0n) is 22.5. The molecule has 0 saturated carbocycles. The minimum atomic E-state index is -0.174. The molecule has 6 nitrogen and oxygen atoms in total. The molecule has 1 N–H and O–H groups in total. The van der Waals surface area contributed by atoms with Crippen molar-refractivity contribution >= 4 is 22.3 Å². The van der Waals surface area contributed by atoms with Gasteiger partial charge < -0.3 is 24.6 Å². The minimum Gasteiger partial charge on any atom is -0.496 e. The average molecular weight is 519 g/mol. The van der Waals surface area contributed by atoms with E-state index in [2.05, 4.69) is 27.2 Å². The summed E-state index contributed by atoms with van der Waals surface area (Å²) in [7, 11) is 1.74. The van der Waals surface area contributed by atoms with Crippen LogP contribution in [0.5, 0.6) is 5.75 Å². The number of benzene rings is 2. The molecule has 7 heteroatoms. The lowest BCUT2D eigenvalue weighted by atomic mass is 10.00. The first kappa shape index (κ1) is 25.4. The molecule has 2 aromatic carbocycles. The SMILES string of the molecule is COc1cc2c(NC3CCN(c4cccc(F)c4)CC3)c3c(nc2cc1COCCN1CCCC1)CCC3. The van der Waals surface area contributed by atoms with Crippen LogP contribution in [0.3, 0.4) is 0 Å². The summed E-state index contributed by atoms with van der Waals surface area (Å²) in [6, 6.07) is 11.6. The predicted octanol–water partition coefficient (Wildman–Crippen LogP) is 5.56. The molecule has 0 atom stereocenters. The van der Waals surface area contributed by atoms with Gasteiger partial charge >= 0.3 is 0 Å². The number of aromatic nitrogens is 1. The van der Waals surface area contributed by atoms with Crippen molar-refractivity contribution in [1.29, 1.82) is 0 Å². The van der Waals surface area contributed by atoms with Gasteiger partial charge in [-0.3, -0.25) is 4.98 Å². The van der Waals surface area contributed by atoms with Gasteiger partial charge in [0.15, 0.2) is 0 Å². The van der Waals surface area contributed by atoms with Gasteiger partial charge in [-0.2, -0.15) is 0 Å². The molecule has 1 aliphatic carbocycles. The Labute approximate surface area is 225 Å². The van der Waals surface area contributed by atoms with Gasteiger partial charge in [0.05, 0.1) is 25.8 Å². The molecule has 202 valence electrons. The molecular weight excluding hydrogens is 479 g/mol. The van der Waals surface area contributed by atoms with E-state index in [4.69, 9.17) is 14.5 Å². The summed E-state index contributed by atoms with van der Waals surface area (Å²) >= 11 is 0. The number of pyridine rings is 1. The Balaban J connectivity index is 1.19. The number of piperidine rings is 1. The summed E-state index contributed by atoms with van der Waals surface area (Å²) < 4.78 is 25.7. The fraction of sp³-hybridized carbons (Fsp3) is 0.516. The van der Waals surface area contributed by atoms with Gasteiger partial charge in [0, 0.05) is 53.7 Å². The lowest BCUT2D eigenvalue weighted by Gasteiger charge is -2.35. The fourth-order valence-corrected chi connectivity index (χ4v) is 6.34. The Kier molecular flexibility index (Phi) is 7.65. The molecule has 2 fully saturated rings. The van der Waals surface area contributed by atoms with Gasteiger partial charge in [-0.05, 0) is 93.9 Å². The Morgan fingerprint density at radius 1 is 1.03 bits per heavy atom. The molecule has 38 heavy (non-hydrogen) atoms. The summed E-state index contributed by atoms with van der Waals surface area (Å²) in [4.78, 5) is 9.86. The predicted molar refractivity (Wildman–Crippen MR) is 151 cm³/mol. The number of rotatable bonds is 9. The van der Waals surface area contributed by atoms with Crippen LogP contribution < -0.4 is 15.0 Å². The van der Waals surface area contributed by atoms with Crippen molar-refractivity contribution in [3.63, 3.8) is 0 Å². The largest absolute Gasteiger partial charge is 0.496 e. The molecule has 6 rings (SSSR count). The van der Waals surface area contributed by atoms with Crippen molar-refractivity contribution in [2.45, 2.75) is 57.6 Å². The van der Waals surface area contributed by atoms with Crippen LogP contribution >= 0.6 is 0 Å². The van der Waals surface area contributed by atoms with Gasteiger partial charge in [-0.1, -0.05) is 6.07 Å². The second kappa shape index (κ2) is 11.5.